The van der Waals surface area contributed by atoms with Crippen molar-refractivity contribution in [2.24, 2.45) is 0 Å². The second-order valence-corrected chi connectivity index (χ2v) is 8.43. The van der Waals surface area contributed by atoms with Gasteiger partial charge in [-0.05, 0) is 85.8 Å². The highest BCUT2D eigenvalue weighted by molar-refractivity contribution is 6.46. The van der Waals surface area contributed by atoms with E-state index in [9.17, 15) is 9.59 Å². The van der Waals surface area contributed by atoms with E-state index in [0.717, 1.165) is 27.9 Å². The summed E-state index contributed by atoms with van der Waals surface area (Å²) in [6, 6.07) is 18.6. The molecule has 0 spiro atoms. The number of anilines is 2. The molecule has 3 aromatic rings. The Labute approximate surface area is 187 Å². The molecule has 1 N–H and O–H groups in total. The Bertz CT molecular complexity index is 1220. The molecular weight excluding hydrogens is 408 g/mol. The number of benzene rings is 3. The number of hydrogen-bond donors (Lipinski definition) is 1. The van der Waals surface area contributed by atoms with Crippen molar-refractivity contribution in [1.82, 2.24) is 0 Å². The predicted octanol–water partition coefficient (Wildman–Crippen LogP) is 5.97. The highest BCUT2D eigenvalue weighted by Crippen LogP contribution is 2.35. The predicted molar refractivity (Wildman–Crippen MR) is 126 cm³/mol. The molecule has 1 aliphatic rings. The molecule has 2 amide bonds. The lowest BCUT2D eigenvalue weighted by Crippen LogP contribution is -2.32. The van der Waals surface area contributed by atoms with Gasteiger partial charge in [0.05, 0.1) is 11.3 Å². The van der Waals surface area contributed by atoms with Crippen LogP contribution in [0.5, 0.6) is 0 Å². The molecule has 0 atom stereocenters. The van der Waals surface area contributed by atoms with Crippen molar-refractivity contribution in [3.8, 4) is 0 Å². The molecule has 1 heterocycles. The van der Waals surface area contributed by atoms with Gasteiger partial charge in [-0.2, -0.15) is 0 Å². The van der Waals surface area contributed by atoms with Gasteiger partial charge >= 0.3 is 0 Å². The lowest BCUT2D eigenvalue weighted by Gasteiger charge is -2.17. The van der Waals surface area contributed by atoms with Crippen LogP contribution in [0.3, 0.4) is 0 Å². The Kier molecular flexibility index (Phi) is 5.42. The number of carbonyl (C=O) groups excluding carboxylic acids is 2. The Morgan fingerprint density at radius 1 is 0.742 bits per heavy atom. The first-order valence-electron chi connectivity index (χ1n) is 10.1. The minimum Gasteiger partial charge on any atom is -0.350 e. The lowest BCUT2D eigenvalue weighted by atomic mass is 10.0. The molecule has 156 valence electrons. The quantitative estimate of drug-likeness (QED) is 0.518. The number of carbonyl (C=O) groups is 2. The summed E-state index contributed by atoms with van der Waals surface area (Å²) in [6.07, 6.45) is 0. The largest absolute Gasteiger partial charge is 0.350 e. The minimum atomic E-state index is -0.374. The number of hydrogen-bond acceptors (Lipinski definition) is 3. The summed E-state index contributed by atoms with van der Waals surface area (Å²) in [5, 5.41) is 3.82. The molecule has 0 aromatic heterocycles. The van der Waals surface area contributed by atoms with Crippen molar-refractivity contribution in [1.29, 1.82) is 0 Å². The van der Waals surface area contributed by atoms with Gasteiger partial charge in [0, 0.05) is 10.7 Å². The van der Waals surface area contributed by atoms with Crippen LogP contribution in [0.25, 0.3) is 5.57 Å². The smallest absolute Gasteiger partial charge is 0.282 e. The fraction of sp³-hybridized carbons (Fsp3) is 0.154. The third-order valence-corrected chi connectivity index (χ3v) is 5.59. The number of amides is 2. The van der Waals surface area contributed by atoms with Crippen LogP contribution < -0.4 is 10.2 Å². The average Bonchev–Trinajstić information content (AvgIpc) is 2.94. The third-order valence-electron chi connectivity index (χ3n) is 5.33. The molecule has 3 aromatic carbocycles. The van der Waals surface area contributed by atoms with Crippen LogP contribution in [0.1, 0.15) is 27.8 Å². The molecule has 0 aliphatic carbocycles. The summed E-state index contributed by atoms with van der Waals surface area (Å²) >= 11 is 6.05. The number of nitrogens with one attached hydrogen (secondary N) is 1. The maximum Gasteiger partial charge on any atom is 0.282 e. The summed E-state index contributed by atoms with van der Waals surface area (Å²) in [4.78, 5) is 28.3. The fourth-order valence-electron chi connectivity index (χ4n) is 3.85. The molecule has 0 fully saturated rings. The summed E-state index contributed by atoms with van der Waals surface area (Å²) < 4.78 is 0. The minimum absolute atomic E-state index is 0.264. The van der Waals surface area contributed by atoms with E-state index in [2.05, 4.69) is 5.32 Å². The van der Waals surface area contributed by atoms with E-state index in [4.69, 9.17) is 11.6 Å². The van der Waals surface area contributed by atoms with Crippen molar-refractivity contribution in [3.05, 3.63) is 99.2 Å². The van der Waals surface area contributed by atoms with E-state index in [-0.39, 0.29) is 17.5 Å². The zero-order valence-corrected chi connectivity index (χ0v) is 18.7. The number of aryl methyl sites for hydroxylation is 4. The van der Waals surface area contributed by atoms with E-state index < -0.39 is 0 Å². The van der Waals surface area contributed by atoms with Crippen LogP contribution in [0.2, 0.25) is 5.02 Å². The van der Waals surface area contributed by atoms with Crippen LogP contribution >= 0.6 is 11.6 Å². The second-order valence-electron chi connectivity index (χ2n) is 7.99. The van der Waals surface area contributed by atoms with Gasteiger partial charge in [0.1, 0.15) is 5.70 Å². The number of halogens is 1. The number of imide groups is 1. The summed E-state index contributed by atoms with van der Waals surface area (Å²) in [6.45, 7) is 7.85. The molecule has 4 nitrogen and oxygen atoms in total. The Morgan fingerprint density at radius 3 is 2.03 bits per heavy atom. The van der Waals surface area contributed by atoms with E-state index in [0.29, 0.717) is 21.8 Å². The molecule has 31 heavy (non-hydrogen) atoms. The summed E-state index contributed by atoms with van der Waals surface area (Å²) in [7, 11) is 0. The van der Waals surface area contributed by atoms with Crippen molar-refractivity contribution in [2.75, 3.05) is 10.2 Å². The van der Waals surface area contributed by atoms with Crippen LogP contribution in [0, 0.1) is 27.7 Å². The van der Waals surface area contributed by atoms with Gasteiger partial charge in [-0.15, -0.1) is 0 Å². The van der Waals surface area contributed by atoms with E-state index >= 15 is 0 Å². The standard InChI is InChI=1S/C26H23ClN2O2/c1-15-5-6-18(4)22(14-15)28-24-23(19-7-9-20(27)10-8-19)25(30)29(26(24)31)21-12-16(2)11-17(3)13-21/h5-14,28H,1-4H3. The molecule has 1 aliphatic heterocycles. The van der Waals surface area contributed by atoms with Crippen LogP contribution in [0.4, 0.5) is 11.4 Å². The highest BCUT2D eigenvalue weighted by Gasteiger charge is 2.40. The zero-order valence-electron chi connectivity index (χ0n) is 17.9. The first kappa shape index (κ1) is 20.9. The second kappa shape index (κ2) is 8.05. The average molecular weight is 431 g/mol. The van der Waals surface area contributed by atoms with E-state index in [1.165, 1.54) is 4.90 Å². The fourth-order valence-corrected chi connectivity index (χ4v) is 3.98. The Morgan fingerprint density at radius 2 is 1.39 bits per heavy atom. The van der Waals surface area contributed by atoms with Crippen LogP contribution in [0.15, 0.2) is 66.4 Å². The van der Waals surface area contributed by atoms with Crippen molar-refractivity contribution >= 4 is 40.4 Å². The van der Waals surface area contributed by atoms with Crippen molar-refractivity contribution in [2.45, 2.75) is 27.7 Å². The molecule has 0 radical (unpaired) electrons. The Hall–Kier alpha value is -3.37. The summed E-state index contributed by atoms with van der Waals surface area (Å²) in [5.74, 6) is -0.731. The van der Waals surface area contributed by atoms with Gasteiger partial charge < -0.3 is 5.32 Å². The van der Waals surface area contributed by atoms with E-state index in [1.807, 2.05) is 64.1 Å². The van der Waals surface area contributed by atoms with Gasteiger partial charge in [-0.1, -0.05) is 41.9 Å². The molecule has 0 saturated heterocycles. The van der Waals surface area contributed by atoms with Gasteiger partial charge in [0.2, 0.25) is 0 Å². The highest BCUT2D eigenvalue weighted by atomic mass is 35.5. The first-order valence-corrected chi connectivity index (χ1v) is 10.4. The van der Waals surface area contributed by atoms with Crippen molar-refractivity contribution < 1.29 is 9.59 Å². The maximum atomic E-state index is 13.6. The van der Waals surface area contributed by atoms with Gasteiger partial charge in [0.25, 0.3) is 11.8 Å². The van der Waals surface area contributed by atoms with E-state index in [1.54, 1.807) is 24.3 Å². The van der Waals surface area contributed by atoms with Crippen molar-refractivity contribution in [3.63, 3.8) is 0 Å². The molecule has 4 rings (SSSR count). The summed E-state index contributed by atoms with van der Waals surface area (Å²) in [5.41, 5.74) is 6.62. The number of rotatable bonds is 4. The molecule has 5 heteroatoms. The molecule has 0 unspecified atom stereocenters. The lowest BCUT2D eigenvalue weighted by molar-refractivity contribution is -0.120. The molecule has 0 saturated carbocycles. The third kappa shape index (κ3) is 3.99. The van der Waals surface area contributed by atoms with Gasteiger partial charge in [0.15, 0.2) is 0 Å². The monoisotopic (exact) mass is 430 g/mol. The molecule has 0 bridgehead atoms. The molecular formula is C26H23ClN2O2. The Balaban J connectivity index is 1.86. The zero-order chi connectivity index (χ0) is 22.3. The maximum absolute atomic E-state index is 13.6. The van der Waals surface area contributed by atoms with Gasteiger partial charge in [-0.3, -0.25) is 9.59 Å². The number of nitrogens with zero attached hydrogens (tertiary/aromatic N) is 1. The van der Waals surface area contributed by atoms with Crippen LogP contribution in [-0.4, -0.2) is 11.8 Å². The first-order chi connectivity index (χ1) is 14.7. The van der Waals surface area contributed by atoms with Crippen LogP contribution in [-0.2, 0) is 9.59 Å². The normalized spacial score (nSPS) is 13.9. The van der Waals surface area contributed by atoms with Gasteiger partial charge in [-0.25, -0.2) is 4.90 Å². The SMILES string of the molecule is Cc1cc(C)cc(N2C(=O)C(Nc3cc(C)ccc3C)=C(c3ccc(Cl)cc3)C2=O)c1. The topological polar surface area (TPSA) is 49.4 Å².